The second kappa shape index (κ2) is 4.56. The number of hydrogen-bond donors (Lipinski definition) is 1. The van der Waals surface area contributed by atoms with E-state index in [1.54, 1.807) is 31.2 Å². The molecule has 0 unspecified atom stereocenters. The highest BCUT2D eigenvalue weighted by atomic mass is 16.3. The molecule has 0 bridgehead atoms. The summed E-state index contributed by atoms with van der Waals surface area (Å²) in [5, 5.41) is 9.40. The molecule has 3 heteroatoms. The van der Waals surface area contributed by atoms with Crippen LogP contribution in [-0.2, 0) is 4.79 Å². The number of ketones is 1. The Balaban J connectivity index is 2.86. The fraction of sp³-hybridized carbons (Fsp3) is 0.273. The van der Waals surface area contributed by atoms with Crippen molar-refractivity contribution in [2.45, 2.75) is 20.3 Å². The van der Waals surface area contributed by atoms with Crippen LogP contribution in [0, 0.1) is 0 Å². The maximum Gasteiger partial charge on any atom is 0.141 e. The molecule has 0 spiro atoms. The molecule has 1 rings (SSSR count). The van der Waals surface area contributed by atoms with Gasteiger partial charge in [0.05, 0.1) is 0 Å². The number of aliphatic imine (C=N–C) groups is 1. The third kappa shape index (κ3) is 3.01. The van der Waals surface area contributed by atoms with Crippen LogP contribution < -0.4 is 0 Å². The van der Waals surface area contributed by atoms with Gasteiger partial charge in [-0.1, -0.05) is 12.1 Å². The Labute approximate surface area is 83.1 Å². The number of benzene rings is 1. The summed E-state index contributed by atoms with van der Waals surface area (Å²) in [4.78, 5) is 14.9. The largest absolute Gasteiger partial charge is 0.506 e. The van der Waals surface area contributed by atoms with E-state index in [1.165, 1.54) is 6.92 Å². The predicted octanol–water partition coefficient (Wildman–Crippen LogP) is 2.46. The van der Waals surface area contributed by atoms with E-state index >= 15 is 0 Å². The Morgan fingerprint density at radius 2 is 2.00 bits per heavy atom. The van der Waals surface area contributed by atoms with Gasteiger partial charge in [-0.2, -0.15) is 0 Å². The SMILES string of the molecule is CC(=O)CC(C)=Nc1ccccc1O. The Kier molecular flexibility index (Phi) is 3.40. The van der Waals surface area contributed by atoms with Crippen LogP contribution >= 0.6 is 0 Å². The molecule has 0 aliphatic heterocycles. The van der Waals surface area contributed by atoms with Gasteiger partial charge in [-0.15, -0.1) is 0 Å². The molecule has 0 saturated carbocycles. The Morgan fingerprint density at radius 3 is 2.57 bits per heavy atom. The third-order valence-electron chi connectivity index (χ3n) is 1.70. The number of phenolic OH excluding ortho intramolecular Hbond substituents is 1. The van der Waals surface area contributed by atoms with Crippen molar-refractivity contribution in [3.8, 4) is 5.75 Å². The summed E-state index contributed by atoms with van der Waals surface area (Å²) in [6.07, 6.45) is 0.328. The quantitative estimate of drug-likeness (QED) is 0.746. The lowest BCUT2D eigenvalue weighted by molar-refractivity contribution is -0.115. The molecule has 3 nitrogen and oxygen atoms in total. The summed E-state index contributed by atoms with van der Waals surface area (Å²) >= 11 is 0. The lowest BCUT2D eigenvalue weighted by atomic mass is 10.2. The van der Waals surface area contributed by atoms with E-state index in [2.05, 4.69) is 4.99 Å². The lowest BCUT2D eigenvalue weighted by Crippen LogP contribution is -1.98. The van der Waals surface area contributed by atoms with Gasteiger partial charge in [0.1, 0.15) is 17.2 Å². The molecule has 0 saturated heterocycles. The van der Waals surface area contributed by atoms with Crippen LogP contribution in [0.4, 0.5) is 5.69 Å². The smallest absolute Gasteiger partial charge is 0.141 e. The Hall–Kier alpha value is -1.64. The standard InChI is InChI=1S/C11H13NO2/c1-8(7-9(2)13)12-10-5-3-4-6-11(10)14/h3-6,14H,7H2,1-2H3. The van der Waals surface area contributed by atoms with Crippen molar-refractivity contribution >= 4 is 17.2 Å². The zero-order valence-electron chi connectivity index (χ0n) is 8.32. The van der Waals surface area contributed by atoms with Gasteiger partial charge in [-0.3, -0.25) is 9.79 Å². The van der Waals surface area contributed by atoms with Gasteiger partial charge in [-0.05, 0) is 26.0 Å². The molecule has 14 heavy (non-hydrogen) atoms. The van der Waals surface area contributed by atoms with E-state index in [0.29, 0.717) is 17.8 Å². The monoisotopic (exact) mass is 191 g/mol. The number of phenols is 1. The lowest BCUT2D eigenvalue weighted by Gasteiger charge is -2.00. The zero-order chi connectivity index (χ0) is 10.6. The highest BCUT2D eigenvalue weighted by Crippen LogP contribution is 2.25. The van der Waals surface area contributed by atoms with Crippen LogP contribution in [0.3, 0.4) is 0 Å². The van der Waals surface area contributed by atoms with Gasteiger partial charge in [0.25, 0.3) is 0 Å². The van der Waals surface area contributed by atoms with Crippen molar-refractivity contribution in [3.63, 3.8) is 0 Å². The molecule has 0 atom stereocenters. The van der Waals surface area contributed by atoms with E-state index in [-0.39, 0.29) is 11.5 Å². The average Bonchev–Trinajstić information content (AvgIpc) is 2.07. The number of Topliss-reactive ketones (excluding diaryl/α,β-unsaturated/α-hetero) is 1. The Morgan fingerprint density at radius 1 is 1.36 bits per heavy atom. The molecule has 1 aromatic rings. The summed E-state index contributed by atoms with van der Waals surface area (Å²) in [6.45, 7) is 3.29. The zero-order valence-corrected chi connectivity index (χ0v) is 8.32. The van der Waals surface area contributed by atoms with Gasteiger partial charge < -0.3 is 5.11 Å². The van der Waals surface area contributed by atoms with Gasteiger partial charge in [0.15, 0.2) is 0 Å². The number of carbonyl (C=O) groups is 1. The van der Waals surface area contributed by atoms with Crippen LogP contribution in [0.25, 0.3) is 0 Å². The normalized spacial score (nSPS) is 11.4. The van der Waals surface area contributed by atoms with Crippen LogP contribution in [0.15, 0.2) is 29.3 Å². The van der Waals surface area contributed by atoms with E-state index in [9.17, 15) is 9.90 Å². The van der Waals surface area contributed by atoms with E-state index < -0.39 is 0 Å². The molecule has 0 aliphatic carbocycles. The summed E-state index contributed by atoms with van der Waals surface area (Å²) in [5.74, 6) is 0.206. The van der Waals surface area contributed by atoms with Crippen molar-refractivity contribution in [1.82, 2.24) is 0 Å². The third-order valence-corrected chi connectivity index (χ3v) is 1.70. The van der Waals surface area contributed by atoms with E-state index in [4.69, 9.17) is 0 Å². The minimum Gasteiger partial charge on any atom is -0.506 e. The van der Waals surface area contributed by atoms with Crippen LogP contribution in [0.2, 0.25) is 0 Å². The first-order valence-corrected chi connectivity index (χ1v) is 4.41. The van der Waals surface area contributed by atoms with Gasteiger partial charge in [0.2, 0.25) is 0 Å². The molecule has 0 fully saturated rings. The minimum absolute atomic E-state index is 0.0710. The van der Waals surface area contributed by atoms with Crippen molar-refractivity contribution in [3.05, 3.63) is 24.3 Å². The molecule has 0 radical (unpaired) electrons. The number of rotatable bonds is 3. The number of para-hydroxylation sites is 2. The molecular weight excluding hydrogens is 178 g/mol. The van der Waals surface area contributed by atoms with E-state index in [0.717, 1.165) is 0 Å². The predicted molar refractivity (Wildman–Crippen MR) is 56.2 cm³/mol. The average molecular weight is 191 g/mol. The second-order valence-corrected chi connectivity index (χ2v) is 3.21. The maximum absolute atomic E-state index is 10.8. The van der Waals surface area contributed by atoms with Gasteiger partial charge in [-0.25, -0.2) is 0 Å². The first-order chi connectivity index (χ1) is 6.59. The molecule has 1 aromatic carbocycles. The molecule has 0 aliphatic rings. The second-order valence-electron chi connectivity index (χ2n) is 3.21. The van der Waals surface area contributed by atoms with E-state index in [1.807, 2.05) is 0 Å². The van der Waals surface area contributed by atoms with Crippen molar-refractivity contribution in [2.75, 3.05) is 0 Å². The maximum atomic E-state index is 10.8. The minimum atomic E-state index is 0.0710. The summed E-state index contributed by atoms with van der Waals surface area (Å²) in [6, 6.07) is 6.80. The summed E-state index contributed by atoms with van der Waals surface area (Å²) in [5.41, 5.74) is 1.21. The van der Waals surface area contributed by atoms with Crippen molar-refractivity contribution < 1.29 is 9.90 Å². The fourth-order valence-electron chi connectivity index (χ4n) is 1.16. The molecular formula is C11H13NO2. The summed E-state index contributed by atoms with van der Waals surface area (Å²) < 4.78 is 0. The van der Waals surface area contributed by atoms with Crippen LogP contribution in [-0.4, -0.2) is 16.6 Å². The fourth-order valence-corrected chi connectivity index (χ4v) is 1.16. The summed E-state index contributed by atoms with van der Waals surface area (Å²) in [7, 11) is 0. The molecule has 0 aromatic heterocycles. The molecule has 0 amide bonds. The number of carbonyl (C=O) groups excluding carboxylic acids is 1. The van der Waals surface area contributed by atoms with Crippen LogP contribution in [0.5, 0.6) is 5.75 Å². The number of nitrogens with zero attached hydrogens (tertiary/aromatic N) is 1. The highest BCUT2D eigenvalue weighted by molar-refractivity contribution is 6.00. The van der Waals surface area contributed by atoms with Crippen LogP contribution in [0.1, 0.15) is 20.3 Å². The highest BCUT2D eigenvalue weighted by Gasteiger charge is 2.00. The number of hydrogen-bond acceptors (Lipinski definition) is 3. The Bertz CT molecular complexity index is 369. The first-order valence-electron chi connectivity index (χ1n) is 4.41. The topological polar surface area (TPSA) is 49.7 Å². The van der Waals surface area contributed by atoms with Crippen molar-refractivity contribution in [1.29, 1.82) is 0 Å². The number of aromatic hydroxyl groups is 1. The molecule has 1 N–H and O–H groups in total. The molecule has 0 heterocycles. The van der Waals surface area contributed by atoms with Gasteiger partial charge >= 0.3 is 0 Å². The molecule has 74 valence electrons. The first kappa shape index (κ1) is 10.4. The van der Waals surface area contributed by atoms with Crippen molar-refractivity contribution in [2.24, 2.45) is 4.99 Å². The van der Waals surface area contributed by atoms with Gasteiger partial charge in [0, 0.05) is 12.1 Å².